The van der Waals surface area contributed by atoms with Crippen LogP contribution in [0.1, 0.15) is 171 Å². The van der Waals surface area contributed by atoms with Gasteiger partial charge < -0.3 is 41.4 Å². The van der Waals surface area contributed by atoms with E-state index in [0.717, 1.165) is 83.6 Å². The first-order chi connectivity index (χ1) is 24.7. The SMILES string of the molecule is CCCC(C)CCNC(=O)NCCCCCCC(C)(C)NC(=O)OCCCCOC(=O)NCCCCCCC(C)(C)NC(=O)NCCC(C)CCC. The zero-order chi connectivity index (χ0) is 39.1. The van der Waals surface area contributed by atoms with Crippen molar-refractivity contribution >= 4 is 24.2 Å². The number of hydrogen-bond donors (Lipinski definition) is 6. The van der Waals surface area contributed by atoms with Crippen LogP contribution in [0.15, 0.2) is 0 Å². The van der Waals surface area contributed by atoms with E-state index in [-0.39, 0.29) is 36.4 Å². The smallest absolute Gasteiger partial charge is 0.407 e. The Hall–Kier alpha value is -2.92. The maximum absolute atomic E-state index is 12.3. The Morgan fingerprint density at radius 2 is 0.904 bits per heavy atom. The van der Waals surface area contributed by atoms with E-state index in [1.165, 1.54) is 25.7 Å². The summed E-state index contributed by atoms with van der Waals surface area (Å²) in [6, 6.07) is -0.186. The van der Waals surface area contributed by atoms with Crippen LogP contribution in [0.2, 0.25) is 0 Å². The third-order valence-corrected chi connectivity index (χ3v) is 9.32. The molecule has 0 rings (SSSR count). The molecule has 306 valence electrons. The number of hydrogen-bond acceptors (Lipinski definition) is 6. The fourth-order valence-electron chi connectivity index (χ4n) is 6.06. The summed E-state index contributed by atoms with van der Waals surface area (Å²) in [5, 5.41) is 17.7. The first-order valence-electron chi connectivity index (χ1n) is 20.6. The lowest BCUT2D eigenvalue weighted by Gasteiger charge is -2.26. The largest absolute Gasteiger partial charge is 0.450 e. The summed E-state index contributed by atoms with van der Waals surface area (Å²) >= 11 is 0. The molecule has 0 spiro atoms. The van der Waals surface area contributed by atoms with Gasteiger partial charge in [0.15, 0.2) is 0 Å². The number of carbonyl (C=O) groups excluding carboxylic acids is 4. The number of urea groups is 2. The van der Waals surface area contributed by atoms with Crippen LogP contribution in [-0.2, 0) is 9.47 Å². The van der Waals surface area contributed by atoms with Crippen molar-refractivity contribution in [3.05, 3.63) is 0 Å². The van der Waals surface area contributed by atoms with Gasteiger partial charge in [-0.3, -0.25) is 0 Å². The Morgan fingerprint density at radius 3 is 1.42 bits per heavy atom. The number of rotatable bonds is 31. The van der Waals surface area contributed by atoms with Crippen molar-refractivity contribution in [3.63, 3.8) is 0 Å². The van der Waals surface area contributed by atoms with Gasteiger partial charge in [-0.05, 0) is 90.9 Å². The van der Waals surface area contributed by atoms with Crippen molar-refractivity contribution < 1.29 is 28.7 Å². The van der Waals surface area contributed by atoms with Crippen molar-refractivity contribution in [1.29, 1.82) is 0 Å². The zero-order valence-electron chi connectivity index (χ0n) is 34.6. The number of amides is 6. The van der Waals surface area contributed by atoms with Gasteiger partial charge in [0.1, 0.15) is 0 Å². The molecule has 0 bridgehead atoms. The molecular weight excluding hydrogens is 660 g/mol. The van der Waals surface area contributed by atoms with E-state index in [9.17, 15) is 19.2 Å². The van der Waals surface area contributed by atoms with Gasteiger partial charge in [-0.2, -0.15) is 0 Å². The summed E-state index contributed by atoms with van der Waals surface area (Å²) in [5.74, 6) is 1.27. The van der Waals surface area contributed by atoms with E-state index in [4.69, 9.17) is 9.47 Å². The molecule has 0 fully saturated rings. The molecule has 0 saturated heterocycles. The first-order valence-corrected chi connectivity index (χ1v) is 20.6. The molecule has 0 saturated carbocycles. The molecule has 0 heterocycles. The van der Waals surface area contributed by atoms with E-state index >= 15 is 0 Å². The van der Waals surface area contributed by atoms with Gasteiger partial charge in [-0.15, -0.1) is 0 Å². The lowest BCUT2D eigenvalue weighted by Crippen LogP contribution is -2.48. The minimum atomic E-state index is -0.434. The van der Waals surface area contributed by atoms with Gasteiger partial charge in [0.05, 0.1) is 13.2 Å². The highest BCUT2D eigenvalue weighted by Crippen LogP contribution is 2.16. The molecule has 6 amide bonds. The molecule has 0 aliphatic heterocycles. The predicted octanol–water partition coefficient (Wildman–Crippen LogP) is 8.93. The Balaban J connectivity index is 3.74. The van der Waals surface area contributed by atoms with E-state index in [1.54, 1.807) is 0 Å². The molecule has 6 N–H and O–H groups in total. The summed E-state index contributed by atoms with van der Waals surface area (Å²) in [4.78, 5) is 48.4. The quantitative estimate of drug-likeness (QED) is 0.0390. The highest BCUT2D eigenvalue weighted by Gasteiger charge is 2.21. The molecule has 0 aromatic rings. The van der Waals surface area contributed by atoms with Crippen molar-refractivity contribution in [2.75, 3.05) is 39.4 Å². The van der Waals surface area contributed by atoms with Crippen molar-refractivity contribution in [2.45, 2.75) is 182 Å². The standard InChI is InChI=1S/C40H80N6O6/c1-9-21-33(3)23-29-42-35(47)41-27-17-13-11-16-26-40(7,8)46-38(50)52-32-20-19-31-51-37(49)44-28-18-14-12-15-25-39(5,6)45-36(48)43-30-24-34(4)22-10-2/h33-34H,9-32H2,1-8H3,(H,44,49)(H,46,50)(H2,41,42,47)(H2,43,45,48). The molecule has 0 aromatic carbocycles. The second kappa shape index (κ2) is 30.5. The number of ether oxygens (including phenoxy) is 2. The van der Waals surface area contributed by atoms with Crippen LogP contribution in [0.5, 0.6) is 0 Å². The molecular formula is C40H80N6O6. The van der Waals surface area contributed by atoms with Gasteiger partial charge in [0, 0.05) is 37.3 Å². The van der Waals surface area contributed by atoms with Gasteiger partial charge >= 0.3 is 24.2 Å². The van der Waals surface area contributed by atoms with Crippen LogP contribution < -0.4 is 31.9 Å². The first kappa shape index (κ1) is 49.1. The fourth-order valence-corrected chi connectivity index (χ4v) is 6.06. The molecule has 2 atom stereocenters. The second-order valence-corrected chi connectivity index (χ2v) is 16.1. The molecule has 52 heavy (non-hydrogen) atoms. The van der Waals surface area contributed by atoms with Crippen LogP contribution >= 0.6 is 0 Å². The van der Waals surface area contributed by atoms with E-state index in [2.05, 4.69) is 73.4 Å². The van der Waals surface area contributed by atoms with Crippen LogP contribution in [0.4, 0.5) is 19.2 Å². The van der Waals surface area contributed by atoms with Crippen LogP contribution in [0.25, 0.3) is 0 Å². The maximum atomic E-state index is 12.3. The summed E-state index contributed by atoms with van der Waals surface area (Å²) in [6.45, 7) is 20.1. The van der Waals surface area contributed by atoms with Gasteiger partial charge in [-0.25, -0.2) is 19.2 Å². The van der Waals surface area contributed by atoms with Gasteiger partial charge in [-0.1, -0.05) is 91.9 Å². The number of alkyl carbamates (subject to hydrolysis) is 2. The fraction of sp³-hybridized carbons (Fsp3) is 0.900. The predicted molar refractivity (Wildman–Crippen MR) is 213 cm³/mol. The zero-order valence-corrected chi connectivity index (χ0v) is 34.6. The Kier molecular flexibility index (Phi) is 28.8. The Morgan fingerprint density at radius 1 is 0.481 bits per heavy atom. The third-order valence-electron chi connectivity index (χ3n) is 9.32. The van der Waals surface area contributed by atoms with Crippen LogP contribution in [-0.4, -0.2) is 74.7 Å². The minimum absolute atomic E-state index is 0.0874. The normalized spacial score (nSPS) is 12.7. The lowest BCUT2D eigenvalue weighted by atomic mass is 9.96. The van der Waals surface area contributed by atoms with Crippen LogP contribution in [0, 0.1) is 11.8 Å². The maximum Gasteiger partial charge on any atom is 0.407 e. The van der Waals surface area contributed by atoms with Crippen molar-refractivity contribution in [2.24, 2.45) is 11.8 Å². The summed E-state index contributed by atoms with van der Waals surface area (Å²) in [5.41, 5.74) is -0.635. The third kappa shape index (κ3) is 31.8. The number of carbonyl (C=O) groups is 4. The van der Waals surface area contributed by atoms with E-state index in [0.29, 0.717) is 44.3 Å². The summed E-state index contributed by atoms with van der Waals surface area (Å²) in [7, 11) is 0. The summed E-state index contributed by atoms with van der Waals surface area (Å²) < 4.78 is 10.6. The molecule has 12 nitrogen and oxygen atoms in total. The Bertz CT molecular complexity index is 948. The topological polar surface area (TPSA) is 159 Å². The highest BCUT2D eigenvalue weighted by molar-refractivity contribution is 5.74. The second-order valence-electron chi connectivity index (χ2n) is 16.1. The average molecular weight is 741 g/mol. The molecule has 0 aromatic heterocycles. The van der Waals surface area contributed by atoms with E-state index in [1.807, 2.05) is 13.8 Å². The lowest BCUT2D eigenvalue weighted by molar-refractivity contribution is 0.122. The monoisotopic (exact) mass is 741 g/mol. The number of nitrogens with one attached hydrogen (secondary N) is 6. The van der Waals surface area contributed by atoms with Crippen molar-refractivity contribution in [3.8, 4) is 0 Å². The molecule has 0 aliphatic rings. The highest BCUT2D eigenvalue weighted by atomic mass is 16.6. The van der Waals surface area contributed by atoms with Crippen LogP contribution in [0.3, 0.4) is 0 Å². The molecule has 2 unspecified atom stereocenters. The van der Waals surface area contributed by atoms with Gasteiger partial charge in [0.25, 0.3) is 0 Å². The Labute approximate surface area is 317 Å². The summed E-state index contributed by atoms with van der Waals surface area (Å²) in [6.07, 6.45) is 16.7. The molecule has 0 aliphatic carbocycles. The molecule has 0 radical (unpaired) electrons. The average Bonchev–Trinajstić information content (AvgIpc) is 3.05. The minimum Gasteiger partial charge on any atom is -0.450 e. The number of unbranched alkanes of at least 4 members (excludes halogenated alkanes) is 7. The van der Waals surface area contributed by atoms with Crippen molar-refractivity contribution in [1.82, 2.24) is 31.9 Å². The van der Waals surface area contributed by atoms with Gasteiger partial charge in [0.2, 0.25) is 0 Å². The molecule has 12 heteroatoms. The van der Waals surface area contributed by atoms with E-state index < -0.39 is 12.2 Å².